The van der Waals surface area contributed by atoms with Gasteiger partial charge in [0.1, 0.15) is 18.2 Å². The standard InChI is InChI=1S/C26H38FNO2S.C7H8.C2H6/c1-8-31(9-2,10-3)30-16-15-29-26-14-11-21(6)17-23(26)19-28(20(4)5)25-18-24(27)13-12-22(25)7;1-7-5-3-2-4-6-7;1-2/h11-14,17-18H,4,8-10,15-16,19H2,1-3,5-7H3;2-6H,1H3;1-2H3. The third kappa shape index (κ3) is 11.4. The van der Waals surface area contributed by atoms with Gasteiger partial charge >= 0.3 is 0 Å². The van der Waals surface area contributed by atoms with E-state index in [-0.39, 0.29) is 5.82 Å². The summed E-state index contributed by atoms with van der Waals surface area (Å²) in [4.78, 5) is 2.04. The molecule has 0 bridgehead atoms. The molecule has 0 aliphatic heterocycles. The van der Waals surface area contributed by atoms with Crippen molar-refractivity contribution < 1.29 is 13.3 Å². The molecule has 0 aliphatic carbocycles. The largest absolute Gasteiger partial charge is 0.491 e. The summed E-state index contributed by atoms with van der Waals surface area (Å²) >= 11 is 0. The number of ether oxygens (including phenoxy) is 1. The molecule has 3 rings (SSSR count). The second kappa shape index (κ2) is 18.6. The molecule has 0 aliphatic rings. The lowest BCUT2D eigenvalue weighted by Crippen LogP contribution is -2.22. The van der Waals surface area contributed by atoms with E-state index in [1.54, 1.807) is 12.1 Å². The van der Waals surface area contributed by atoms with Gasteiger partial charge in [0, 0.05) is 16.9 Å². The molecule has 222 valence electrons. The summed E-state index contributed by atoms with van der Waals surface area (Å²) in [7, 11) is -0.992. The molecule has 0 atom stereocenters. The Labute approximate surface area is 245 Å². The van der Waals surface area contributed by atoms with E-state index in [0.717, 1.165) is 51.1 Å². The van der Waals surface area contributed by atoms with Crippen LogP contribution >= 0.6 is 10.3 Å². The predicted molar refractivity (Wildman–Crippen MR) is 177 cm³/mol. The number of benzene rings is 3. The Hall–Kier alpha value is -2.76. The van der Waals surface area contributed by atoms with E-state index in [0.29, 0.717) is 19.8 Å². The fourth-order valence-corrected chi connectivity index (χ4v) is 6.35. The normalized spacial score (nSPS) is 10.9. The summed E-state index contributed by atoms with van der Waals surface area (Å²) in [5, 5.41) is 0. The zero-order valence-electron chi connectivity index (χ0n) is 26.4. The van der Waals surface area contributed by atoms with Gasteiger partial charge in [-0.25, -0.2) is 4.39 Å². The van der Waals surface area contributed by atoms with Crippen LogP contribution < -0.4 is 9.64 Å². The van der Waals surface area contributed by atoms with Crippen molar-refractivity contribution in [2.45, 2.75) is 68.9 Å². The second-order valence-corrected chi connectivity index (χ2v) is 13.4. The highest BCUT2D eigenvalue weighted by Gasteiger charge is 2.19. The molecule has 0 amide bonds. The molecule has 0 N–H and O–H groups in total. The summed E-state index contributed by atoms with van der Waals surface area (Å²) in [6, 6.07) is 21.3. The van der Waals surface area contributed by atoms with Gasteiger partial charge in [0.2, 0.25) is 0 Å². The minimum absolute atomic E-state index is 0.251. The zero-order valence-corrected chi connectivity index (χ0v) is 27.2. The summed E-state index contributed by atoms with van der Waals surface area (Å²) in [5.41, 5.74) is 6.21. The average molecular weight is 570 g/mol. The quantitative estimate of drug-likeness (QED) is 0.203. The van der Waals surface area contributed by atoms with Crippen molar-refractivity contribution in [2.24, 2.45) is 0 Å². The van der Waals surface area contributed by atoms with Crippen LogP contribution in [0.2, 0.25) is 0 Å². The molecule has 5 heteroatoms. The summed E-state index contributed by atoms with van der Waals surface area (Å²) < 4.78 is 26.4. The predicted octanol–water partition coefficient (Wildman–Crippen LogP) is 10.2. The molecule has 0 aromatic heterocycles. The number of halogens is 1. The van der Waals surface area contributed by atoms with Gasteiger partial charge in [0.05, 0.1) is 13.2 Å². The number of nitrogens with zero attached hydrogens (tertiary/aromatic N) is 1. The summed E-state index contributed by atoms with van der Waals surface area (Å²) in [5.74, 6) is 3.82. The molecule has 0 spiro atoms. The Morgan fingerprint density at radius 2 is 1.45 bits per heavy atom. The van der Waals surface area contributed by atoms with E-state index in [1.807, 2.05) is 56.9 Å². The molecule has 0 heterocycles. The molecule has 40 heavy (non-hydrogen) atoms. The van der Waals surface area contributed by atoms with Crippen LogP contribution in [0.3, 0.4) is 0 Å². The van der Waals surface area contributed by atoms with Crippen molar-refractivity contribution in [2.75, 3.05) is 35.4 Å². The van der Waals surface area contributed by atoms with Crippen LogP contribution in [0.25, 0.3) is 0 Å². The molecule has 3 nitrogen and oxygen atoms in total. The van der Waals surface area contributed by atoms with Crippen molar-refractivity contribution >= 4 is 16.0 Å². The topological polar surface area (TPSA) is 21.7 Å². The van der Waals surface area contributed by atoms with E-state index in [2.05, 4.69) is 65.5 Å². The van der Waals surface area contributed by atoms with Crippen LogP contribution in [0.5, 0.6) is 5.75 Å². The Balaban J connectivity index is 0.000000759. The summed E-state index contributed by atoms with van der Waals surface area (Å²) in [6.45, 7) is 24.5. The van der Waals surface area contributed by atoms with Crippen molar-refractivity contribution in [3.63, 3.8) is 0 Å². The highest BCUT2D eigenvalue weighted by molar-refractivity contribution is 8.29. The van der Waals surface area contributed by atoms with Crippen molar-refractivity contribution in [3.8, 4) is 5.75 Å². The Bertz CT molecular complexity index is 1140. The van der Waals surface area contributed by atoms with Gasteiger partial charge in [-0.1, -0.05) is 101 Å². The van der Waals surface area contributed by atoms with Crippen LogP contribution in [-0.4, -0.2) is 30.5 Å². The Morgan fingerprint density at radius 1 is 0.825 bits per heavy atom. The lowest BCUT2D eigenvalue weighted by molar-refractivity contribution is 0.231. The first-order valence-electron chi connectivity index (χ1n) is 14.5. The molecule has 0 radical (unpaired) electrons. The van der Waals surface area contributed by atoms with Crippen molar-refractivity contribution in [3.05, 3.63) is 107 Å². The minimum Gasteiger partial charge on any atom is -0.491 e. The third-order valence-corrected chi connectivity index (χ3v) is 10.5. The van der Waals surface area contributed by atoms with Crippen LogP contribution in [-0.2, 0) is 10.7 Å². The number of allylic oxidation sites excluding steroid dienone is 1. The fourth-order valence-electron chi connectivity index (χ4n) is 4.20. The van der Waals surface area contributed by atoms with E-state index in [1.165, 1.54) is 11.6 Å². The lowest BCUT2D eigenvalue weighted by atomic mass is 10.1. The first kappa shape index (κ1) is 35.3. The molecule has 0 unspecified atom stereocenters. The van der Waals surface area contributed by atoms with Crippen LogP contribution in [0.1, 0.15) is 63.8 Å². The number of rotatable bonds is 12. The van der Waals surface area contributed by atoms with Gasteiger partial charge in [0.15, 0.2) is 0 Å². The van der Waals surface area contributed by atoms with Gasteiger partial charge in [-0.2, -0.15) is 0 Å². The third-order valence-electron chi connectivity index (χ3n) is 6.66. The van der Waals surface area contributed by atoms with E-state index in [4.69, 9.17) is 8.92 Å². The zero-order chi connectivity index (χ0) is 30.1. The molecule has 0 fully saturated rings. The van der Waals surface area contributed by atoms with Gasteiger partial charge in [-0.3, -0.25) is 0 Å². The van der Waals surface area contributed by atoms with Crippen LogP contribution in [0.4, 0.5) is 10.1 Å². The first-order chi connectivity index (χ1) is 19.1. The van der Waals surface area contributed by atoms with Gasteiger partial charge < -0.3 is 13.8 Å². The lowest BCUT2D eigenvalue weighted by Gasteiger charge is -2.36. The second-order valence-electron chi connectivity index (χ2n) is 9.52. The van der Waals surface area contributed by atoms with E-state index in [9.17, 15) is 4.39 Å². The number of aryl methyl sites for hydroxylation is 3. The summed E-state index contributed by atoms with van der Waals surface area (Å²) in [6.07, 6.45) is 0. The molecule has 0 saturated carbocycles. The van der Waals surface area contributed by atoms with Crippen molar-refractivity contribution in [1.29, 1.82) is 0 Å². The highest BCUT2D eigenvalue weighted by Crippen LogP contribution is 2.47. The molecule has 3 aromatic rings. The maximum absolute atomic E-state index is 13.9. The number of hydrogen-bond acceptors (Lipinski definition) is 3. The van der Waals surface area contributed by atoms with Gasteiger partial charge in [0.25, 0.3) is 0 Å². The van der Waals surface area contributed by atoms with E-state index < -0.39 is 10.3 Å². The molecular formula is C35H52FNO2S. The number of anilines is 1. The average Bonchev–Trinajstić information content (AvgIpc) is 2.96. The monoisotopic (exact) mass is 569 g/mol. The van der Waals surface area contributed by atoms with Crippen LogP contribution in [0, 0.1) is 26.6 Å². The molecule has 0 saturated heterocycles. The maximum atomic E-state index is 13.9. The SMILES string of the molecule is C=C(C)N(Cc1cc(C)ccc1OCCOS(CC)(CC)CC)c1cc(F)ccc1C.CC.Cc1ccccc1. The first-order valence-corrected chi connectivity index (χ1v) is 16.5. The minimum atomic E-state index is -0.992. The van der Waals surface area contributed by atoms with Crippen molar-refractivity contribution in [1.82, 2.24) is 0 Å². The molecular weight excluding hydrogens is 517 g/mol. The number of hydrogen-bond donors (Lipinski definition) is 0. The van der Waals surface area contributed by atoms with Gasteiger partial charge in [-0.15, -0.1) is 10.3 Å². The van der Waals surface area contributed by atoms with E-state index >= 15 is 0 Å². The van der Waals surface area contributed by atoms with Gasteiger partial charge in [-0.05, 0) is 68.7 Å². The smallest absolute Gasteiger partial charge is 0.125 e. The van der Waals surface area contributed by atoms with Crippen LogP contribution in [0.15, 0.2) is 79.0 Å². The maximum Gasteiger partial charge on any atom is 0.125 e. The Morgan fingerprint density at radius 3 is 1.98 bits per heavy atom. The molecule has 3 aromatic carbocycles. The fraction of sp³-hybridized carbons (Fsp3) is 0.429. The highest BCUT2D eigenvalue weighted by atomic mass is 32.3. The Kier molecular flexibility index (Phi) is 16.4.